The molecule has 0 saturated heterocycles. The average Bonchev–Trinajstić information content (AvgIpc) is 2.66. The van der Waals surface area contributed by atoms with Crippen molar-refractivity contribution in [3.8, 4) is 0 Å². The molecule has 0 unspecified atom stereocenters. The Kier molecular flexibility index (Phi) is 4.88. The highest BCUT2D eigenvalue weighted by Crippen LogP contribution is 2.23. The molecule has 0 atom stereocenters. The lowest BCUT2D eigenvalue weighted by Crippen LogP contribution is -2.32. The molecule has 4 nitrogen and oxygen atoms in total. The molecule has 2 N–H and O–H groups in total. The topological polar surface area (TPSA) is 49.9 Å². The molecule has 0 aromatic carbocycles. The Balaban J connectivity index is 2.35. The number of hydrogen-bond donors (Lipinski definition) is 2. The van der Waals surface area contributed by atoms with Crippen LogP contribution in [0.2, 0.25) is 0 Å². The van der Waals surface area contributed by atoms with Gasteiger partial charge >= 0.3 is 12.3 Å². The normalized spacial score (nSPS) is 12.4. The largest absolute Gasteiger partial charge is 0.367 e. The average molecular weight is 255 g/mol. The van der Waals surface area contributed by atoms with E-state index < -0.39 is 19.0 Å². The highest BCUT2D eigenvalue weighted by atomic mass is 19.3. The van der Waals surface area contributed by atoms with Crippen molar-refractivity contribution in [1.29, 1.82) is 0 Å². The lowest BCUT2D eigenvalue weighted by atomic mass is 10.4. The van der Waals surface area contributed by atoms with Crippen molar-refractivity contribution < 1.29 is 22.3 Å². The van der Waals surface area contributed by atoms with E-state index >= 15 is 0 Å². The van der Waals surface area contributed by atoms with Gasteiger partial charge in [0.25, 0.3) is 0 Å². The van der Waals surface area contributed by atoms with Gasteiger partial charge in [0.1, 0.15) is 19.0 Å². The second-order valence-electron chi connectivity index (χ2n) is 3.44. The summed E-state index contributed by atoms with van der Waals surface area (Å²) in [6, 6.07) is 0. The molecule has 0 amide bonds. The molecule has 1 heterocycles. The molecule has 8 heteroatoms. The number of nitrogens with zero attached hydrogens (tertiary/aromatic N) is 1. The first-order chi connectivity index (χ1) is 7.95. The standard InChI is InChI=1S/C9H13F4N3O/c1-14-2-6-3-15-7(16-6)4-17-5-9(12,13)8(10)11/h3,8,14H,2,4-5H2,1H3,(H,15,16). The van der Waals surface area contributed by atoms with E-state index in [2.05, 4.69) is 20.0 Å². The number of aromatic amines is 1. The fraction of sp³-hybridized carbons (Fsp3) is 0.667. The molecule has 0 saturated carbocycles. The summed E-state index contributed by atoms with van der Waals surface area (Å²) in [6.07, 6.45) is -2.21. The van der Waals surface area contributed by atoms with Gasteiger partial charge in [0.15, 0.2) is 0 Å². The second kappa shape index (κ2) is 5.97. The molecular weight excluding hydrogens is 242 g/mol. The van der Waals surface area contributed by atoms with Crippen LogP contribution in [0, 0.1) is 0 Å². The third-order valence-corrected chi connectivity index (χ3v) is 1.90. The lowest BCUT2D eigenvalue weighted by Gasteiger charge is -2.14. The van der Waals surface area contributed by atoms with Gasteiger partial charge in [0.05, 0.1) is 0 Å². The van der Waals surface area contributed by atoms with Gasteiger partial charge in [-0.15, -0.1) is 0 Å². The highest BCUT2D eigenvalue weighted by Gasteiger charge is 2.40. The van der Waals surface area contributed by atoms with E-state index in [9.17, 15) is 17.6 Å². The lowest BCUT2D eigenvalue weighted by molar-refractivity contribution is -0.168. The molecule has 1 aromatic rings. The number of H-pyrrole nitrogens is 1. The van der Waals surface area contributed by atoms with Crippen molar-refractivity contribution in [3.63, 3.8) is 0 Å². The summed E-state index contributed by atoms with van der Waals surface area (Å²) in [6.45, 7) is -1.04. The van der Waals surface area contributed by atoms with Gasteiger partial charge < -0.3 is 15.0 Å². The molecule has 0 fully saturated rings. The number of rotatable bonds is 7. The molecule has 17 heavy (non-hydrogen) atoms. The van der Waals surface area contributed by atoms with Crippen molar-refractivity contribution in [2.45, 2.75) is 25.5 Å². The summed E-state index contributed by atoms with van der Waals surface area (Å²) in [7, 11) is 1.74. The monoisotopic (exact) mass is 255 g/mol. The number of imidazole rings is 1. The third kappa shape index (κ3) is 4.31. The molecule has 0 spiro atoms. The van der Waals surface area contributed by atoms with Gasteiger partial charge in [-0.2, -0.15) is 8.78 Å². The van der Waals surface area contributed by atoms with Crippen molar-refractivity contribution in [2.75, 3.05) is 13.7 Å². The Morgan fingerprint density at radius 3 is 2.82 bits per heavy atom. The fourth-order valence-corrected chi connectivity index (χ4v) is 1.11. The summed E-state index contributed by atoms with van der Waals surface area (Å²) < 4.78 is 53.0. The zero-order chi connectivity index (χ0) is 12.9. The van der Waals surface area contributed by atoms with E-state index in [0.29, 0.717) is 12.4 Å². The van der Waals surface area contributed by atoms with Crippen molar-refractivity contribution in [3.05, 3.63) is 17.7 Å². The van der Waals surface area contributed by atoms with Crippen LogP contribution in [0.4, 0.5) is 17.6 Å². The van der Waals surface area contributed by atoms with Crippen LogP contribution in [0.1, 0.15) is 11.5 Å². The Morgan fingerprint density at radius 1 is 1.53 bits per heavy atom. The summed E-state index contributed by atoms with van der Waals surface area (Å²) in [5.74, 6) is -3.80. The Hall–Kier alpha value is -1.15. The van der Waals surface area contributed by atoms with Crippen LogP contribution in [-0.2, 0) is 17.9 Å². The maximum Gasteiger partial charge on any atom is 0.330 e. The number of halogens is 4. The Labute approximate surface area is 95.4 Å². The van der Waals surface area contributed by atoms with E-state index in [1.165, 1.54) is 6.20 Å². The van der Waals surface area contributed by atoms with Crippen LogP contribution in [0.3, 0.4) is 0 Å². The maximum absolute atomic E-state index is 12.5. The molecule has 0 bridgehead atoms. The van der Waals surface area contributed by atoms with Crippen LogP contribution < -0.4 is 5.32 Å². The van der Waals surface area contributed by atoms with E-state index in [0.717, 1.165) is 5.69 Å². The zero-order valence-corrected chi connectivity index (χ0v) is 9.14. The number of aromatic nitrogens is 2. The molecule has 0 aliphatic carbocycles. The summed E-state index contributed by atoms with van der Waals surface area (Å²) in [5, 5.41) is 2.86. The Morgan fingerprint density at radius 2 is 2.24 bits per heavy atom. The second-order valence-corrected chi connectivity index (χ2v) is 3.44. The predicted octanol–water partition coefficient (Wildman–Crippen LogP) is 1.55. The van der Waals surface area contributed by atoms with E-state index in [-0.39, 0.29) is 6.61 Å². The SMILES string of the molecule is CNCc1cnc(COCC(F)(F)C(F)F)[nH]1. The Bertz CT molecular complexity index is 343. The van der Waals surface area contributed by atoms with Gasteiger partial charge in [-0.25, -0.2) is 13.8 Å². The molecule has 1 aromatic heterocycles. The smallest absolute Gasteiger partial charge is 0.330 e. The number of ether oxygens (including phenoxy) is 1. The maximum atomic E-state index is 12.5. The fourth-order valence-electron chi connectivity index (χ4n) is 1.11. The van der Waals surface area contributed by atoms with Gasteiger partial charge in [0, 0.05) is 18.4 Å². The van der Waals surface area contributed by atoms with Crippen molar-refractivity contribution in [2.24, 2.45) is 0 Å². The van der Waals surface area contributed by atoms with Crippen LogP contribution in [0.15, 0.2) is 6.20 Å². The molecule has 0 radical (unpaired) electrons. The zero-order valence-electron chi connectivity index (χ0n) is 9.14. The van der Waals surface area contributed by atoms with Crippen molar-refractivity contribution in [1.82, 2.24) is 15.3 Å². The van der Waals surface area contributed by atoms with Gasteiger partial charge in [-0.05, 0) is 7.05 Å². The van der Waals surface area contributed by atoms with Gasteiger partial charge in [-0.1, -0.05) is 0 Å². The molecule has 0 aliphatic heterocycles. The minimum absolute atomic E-state index is 0.258. The van der Waals surface area contributed by atoms with E-state index in [1.807, 2.05) is 0 Å². The third-order valence-electron chi connectivity index (χ3n) is 1.90. The van der Waals surface area contributed by atoms with Crippen LogP contribution in [0.25, 0.3) is 0 Å². The van der Waals surface area contributed by atoms with Crippen LogP contribution in [0.5, 0.6) is 0 Å². The first kappa shape index (κ1) is 13.9. The van der Waals surface area contributed by atoms with Gasteiger partial charge in [0.2, 0.25) is 0 Å². The summed E-state index contributed by atoms with van der Waals surface area (Å²) in [4.78, 5) is 6.64. The summed E-state index contributed by atoms with van der Waals surface area (Å²) >= 11 is 0. The summed E-state index contributed by atoms with van der Waals surface area (Å²) in [5.41, 5.74) is 0.756. The van der Waals surface area contributed by atoms with E-state index in [1.54, 1.807) is 7.05 Å². The molecular formula is C9H13F4N3O. The molecule has 98 valence electrons. The van der Waals surface area contributed by atoms with Crippen molar-refractivity contribution >= 4 is 0 Å². The quantitative estimate of drug-likeness (QED) is 0.727. The molecule has 1 rings (SSSR count). The number of hydrogen-bond acceptors (Lipinski definition) is 3. The predicted molar refractivity (Wildman–Crippen MR) is 52.0 cm³/mol. The number of nitrogens with one attached hydrogen (secondary N) is 2. The first-order valence-corrected chi connectivity index (χ1v) is 4.87. The highest BCUT2D eigenvalue weighted by molar-refractivity contribution is 4.99. The minimum atomic E-state index is -4.12. The first-order valence-electron chi connectivity index (χ1n) is 4.87. The van der Waals surface area contributed by atoms with Crippen LogP contribution in [-0.4, -0.2) is 36.0 Å². The minimum Gasteiger partial charge on any atom is -0.367 e. The number of alkyl halides is 4. The van der Waals surface area contributed by atoms with E-state index in [4.69, 9.17) is 0 Å². The van der Waals surface area contributed by atoms with Crippen LogP contribution >= 0.6 is 0 Å². The van der Waals surface area contributed by atoms with Gasteiger partial charge in [-0.3, -0.25) is 0 Å². The molecule has 0 aliphatic rings.